The van der Waals surface area contributed by atoms with Crippen LogP contribution in [0.4, 0.5) is 0 Å². The lowest BCUT2D eigenvalue weighted by atomic mass is 10.1. The third-order valence-corrected chi connectivity index (χ3v) is 4.42. The molecule has 3 unspecified atom stereocenters. The number of ether oxygens (including phenoxy) is 1. The fraction of sp³-hybridized carbons (Fsp3) is 0.846. The third kappa shape index (κ3) is 2.60. The first kappa shape index (κ1) is 12.9. The number of piperazine rings is 1. The van der Waals surface area contributed by atoms with Gasteiger partial charge in [0.15, 0.2) is 6.10 Å². The van der Waals surface area contributed by atoms with E-state index in [0.29, 0.717) is 18.9 Å². The van der Waals surface area contributed by atoms with Gasteiger partial charge in [-0.15, -0.1) is 0 Å². The van der Waals surface area contributed by atoms with E-state index in [0.717, 1.165) is 39.0 Å². The van der Waals surface area contributed by atoms with Crippen molar-refractivity contribution in [1.29, 1.82) is 0 Å². The molecule has 6 heteroatoms. The summed E-state index contributed by atoms with van der Waals surface area (Å²) in [6.45, 7) is 3.38. The van der Waals surface area contributed by atoms with Crippen molar-refractivity contribution in [2.45, 2.75) is 43.9 Å². The summed E-state index contributed by atoms with van der Waals surface area (Å²) in [5, 5.41) is 8.91. The summed E-state index contributed by atoms with van der Waals surface area (Å²) in [7, 11) is 0. The maximum atomic E-state index is 11.6. The quantitative estimate of drug-likeness (QED) is 0.775. The maximum absolute atomic E-state index is 11.6. The van der Waals surface area contributed by atoms with Gasteiger partial charge in [0, 0.05) is 38.6 Å². The van der Waals surface area contributed by atoms with E-state index in [1.54, 1.807) is 0 Å². The van der Waals surface area contributed by atoms with Gasteiger partial charge in [-0.05, 0) is 19.3 Å². The summed E-state index contributed by atoms with van der Waals surface area (Å²) in [6, 6.07) is 0.359. The molecule has 3 atom stereocenters. The maximum Gasteiger partial charge on any atom is 0.332 e. The predicted octanol–water partition coefficient (Wildman–Crippen LogP) is -0.0748. The van der Waals surface area contributed by atoms with Crippen molar-refractivity contribution in [1.82, 2.24) is 9.80 Å². The fourth-order valence-corrected chi connectivity index (χ4v) is 3.40. The van der Waals surface area contributed by atoms with Gasteiger partial charge in [-0.25, -0.2) is 4.79 Å². The van der Waals surface area contributed by atoms with Gasteiger partial charge < -0.3 is 14.7 Å². The van der Waals surface area contributed by atoms with Crippen LogP contribution in [0.15, 0.2) is 0 Å². The van der Waals surface area contributed by atoms with E-state index in [4.69, 9.17) is 9.84 Å². The molecule has 3 fully saturated rings. The van der Waals surface area contributed by atoms with Crippen molar-refractivity contribution in [2.24, 2.45) is 0 Å². The Bertz CT molecular complexity index is 387. The Morgan fingerprint density at radius 1 is 1.32 bits per heavy atom. The molecular weight excluding hydrogens is 248 g/mol. The molecule has 0 aromatic carbocycles. The number of nitrogens with zero attached hydrogens (tertiary/aromatic N) is 2. The molecule has 0 spiro atoms. The van der Waals surface area contributed by atoms with Crippen LogP contribution in [0, 0.1) is 0 Å². The number of carbonyl (C=O) groups excluding carboxylic acids is 1. The zero-order valence-electron chi connectivity index (χ0n) is 11.0. The van der Waals surface area contributed by atoms with Crippen LogP contribution in [0.5, 0.6) is 0 Å². The number of carbonyl (C=O) groups is 2. The van der Waals surface area contributed by atoms with Crippen LogP contribution in [-0.2, 0) is 14.3 Å². The number of aliphatic carboxylic acids is 1. The molecule has 1 N–H and O–H groups in total. The molecule has 0 radical (unpaired) electrons. The average molecular weight is 268 g/mol. The van der Waals surface area contributed by atoms with Crippen molar-refractivity contribution in [3.63, 3.8) is 0 Å². The molecule has 0 aromatic rings. The van der Waals surface area contributed by atoms with Crippen LogP contribution in [0.25, 0.3) is 0 Å². The van der Waals surface area contributed by atoms with E-state index in [1.807, 2.05) is 4.90 Å². The Kier molecular flexibility index (Phi) is 3.45. The van der Waals surface area contributed by atoms with Crippen LogP contribution in [0.3, 0.4) is 0 Å². The van der Waals surface area contributed by atoms with Crippen LogP contribution >= 0.6 is 0 Å². The molecule has 1 amide bonds. The zero-order valence-corrected chi connectivity index (χ0v) is 11.0. The Hall–Kier alpha value is -1.14. The Morgan fingerprint density at radius 3 is 2.89 bits per heavy atom. The molecule has 19 heavy (non-hydrogen) atoms. The van der Waals surface area contributed by atoms with E-state index in [1.165, 1.54) is 0 Å². The standard InChI is InChI=1S/C13H20N2O4/c16-12-4-1-9-7-14(5-6-15(9)12)8-10-2-3-11(19-10)13(17)18/h9-11H,1-8H2,(H,17,18). The minimum absolute atomic E-state index is 0.0322. The highest BCUT2D eigenvalue weighted by Gasteiger charge is 2.37. The minimum Gasteiger partial charge on any atom is -0.479 e. The highest BCUT2D eigenvalue weighted by molar-refractivity contribution is 5.78. The van der Waals surface area contributed by atoms with E-state index in [9.17, 15) is 9.59 Å². The average Bonchev–Trinajstić information content (AvgIpc) is 2.97. The number of fused-ring (bicyclic) bond motifs is 1. The molecule has 6 nitrogen and oxygen atoms in total. The summed E-state index contributed by atoms with van der Waals surface area (Å²) >= 11 is 0. The monoisotopic (exact) mass is 268 g/mol. The summed E-state index contributed by atoms with van der Waals surface area (Å²) < 4.78 is 5.54. The van der Waals surface area contributed by atoms with E-state index >= 15 is 0 Å². The van der Waals surface area contributed by atoms with Crippen molar-refractivity contribution < 1.29 is 19.4 Å². The van der Waals surface area contributed by atoms with Crippen molar-refractivity contribution >= 4 is 11.9 Å². The number of carboxylic acid groups (broad SMARTS) is 1. The predicted molar refractivity (Wildman–Crippen MR) is 66.7 cm³/mol. The van der Waals surface area contributed by atoms with Gasteiger partial charge in [0.2, 0.25) is 5.91 Å². The SMILES string of the molecule is O=C(O)C1CCC(CN2CCN3C(=O)CCC3C2)O1. The van der Waals surface area contributed by atoms with Gasteiger partial charge in [0.1, 0.15) is 0 Å². The van der Waals surface area contributed by atoms with Crippen LogP contribution in [-0.4, -0.2) is 71.2 Å². The second-order valence-electron chi connectivity index (χ2n) is 5.70. The van der Waals surface area contributed by atoms with Gasteiger partial charge >= 0.3 is 5.97 Å². The molecule has 0 aliphatic carbocycles. The van der Waals surface area contributed by atoms with Gasteiger partial charge in [0.05, 0.1) is 6.10 Å². The first-order chi connectivity index (χ1) is 9.13. The third-order valence-electron chi connectivity index (χ3n) is 4.42. The minimum atomic E-state index is -0.853. The van der Waals surface area contributed by atoms with Crippen molar-refractivity contribution in [2.75, 3.05) is 26.2 Å². The molecule has 3 heterocycles. The van der Waals surface area contributed by atoms with Gasteiger partial charge in [-0.2, -0.15) is 0 Å². The lowest BCUT2D eigenvalue weighted by Crippen LogP contribution is -2.52. The molecule has 3 saturated heterocycles. The normalized spacial score (nSPS) is 35.7. The van der Waals surface area contributed by atoms with E-state index in [2.05, 4.69) is 4.90 Å². The summed E-state index contributed by atoms with van der Waals surface area (Å²) in [5.74, 6) is -0.568. The lowest BCUT2D eigenvalue weighted by molar-refractivity contribution is -0.150. The van der Waals surface area contributed by atoms with Crippen LogP contribution < -0.4 is 0 Å². The van der Waals surface area contributed by atoms with Gasteiger partial charge in [0.25, 0.3) is 0 Å². The molecule has 3 aliphatic heterocycles. The first-order valence-corrected chi connectivity index (χ1v) is 7.03. The number of hydrogen-bond donors (Lipinski definition) is 1. The van der Waals surface area contributed by atoms with Gasteiger partial charge in [-0.3, -0.25) is 9.69 Å². The zero-order chi connectivity index (χ0) is 13.4. The Morgan fingerprint density at radius 2 is 2.16 bits per heavy atom. The number of rotatable bonds is 3. The van der Waals surface area contributed by atoms with E-state index in [-0.39, 0.29) is 12.0 Å². The number of hydrogen-bond acceptors (Lipinski definition) is 4. The molecule has 0 bridgehead atoms. The fourth-order valence-electron chi connectivity index (χ4n) is 3.40. The van der Waals surface area contributed by atoms with E-state index < -0.39 is 12.1 Å². The van der Waals surface area contributed by atoms with Crippen molar-refractivity contribution in [3.8, 4) is 0 Å². The van der Waals surface area contributed by atoms with Crippen molar-refractivity contribution in [3.05, 3.63) is 0 Å². The molecule has 106 valence electrons. The second-order valence-corrected chi connectivity index (χ2v) is 5.70. The Balaban J connectivity index is 1.49. The molecular formula is C13H20N2O4. The summed E-state index contributed by atoms with van der Waals surface area (Å²) in [5.41, 5.74) is 0. The van der Waals surface area contributed by atoms with Crippen LogP contribution in [0.2, 0.25) is 0 Å². The Labute approximate surface area is 112 Å². The molecule has 0 saturated carbocycles. The smallest absolute Gasteiger partial charge is 0.332 e. The topological polar surface area (TPSA) is 70.1 Å². The second kappa shape index (κ2) is 5.09. The number of amides is 1. The van der Waals surface area contributed by atoms with Gasteiger partial charge in [-0.1, -0.05) is 0 Å². The summed E-state index contributed by atoms with van der Waals surface area (Å²) in [4.78, 5) is 26.7. The first-order valence-electron chi connectivity index (χ1n) is 7.03. The molecule has 0 aromatic heterocycles. The molecule has 3 rings (SSSR count). The van der Waals surface area contributed by atoms with Crippen LogP contribution in [0.1, 0.15) is 25.7 Å². The number of carboxylic acids is 1. The lowest BCUT2D eigenvalue weighted by Gasteiger charge is -2.38. The highest BCUT2D eigenvalue weighted by Crippen LogP contribution is 2.25. The summed E-state index contributed by atoms with van der Waals surface area (Å²) in [6.07, 6.45) is 2.48. The largest absolute Gasteiger partial charge is 0.479 e. The molecule has 3 aliphatic rings. The highest BCUT2D eigenvalue weighted by atomic mass is 16.5.